The van der Waals surface area contributed by atoms with Crippen LogP contribution in [0.15, 0.2) is 57.9 Å². The van der Waals surface area contributed by atoms with Crippen molar-refractivity contribution in [2.24, 2.45) is 5.92 Å². The molecule has 3 aromatic heterocycles. The van der Waals surface area contributed by atoms with Crippen LogP contribution in [-0.4, -0.2) is 38.1 Å². The maximum atomic E-state index is 13.3. The van der Waals surface area contributed by atoms with Gasteiger partial charge in [-0.25, -0.2) is 4.98 Å². The molecule has 1 aliphatic rings. The Labute approximate surface area is 213 Å². The number of hydrogen-bond acceptors (Lipinski definition) is 6. The highest BCUT2D eigenvalue weighted by Crippen LogP contribution is 2.29. The number of H-pyrrole nitrogens is 1. The standard InChI is InChI=1S/C27H28N6O4/c1-4-6-19-13-24(34)30-27(28-19)33-23(14-21(31-33)22-7-5-10-37-22)29-26(36)18-12-25(35)32(15-18)20-9-8-16(2)17(3)11-20/h5,7-11,13-14,18H,4,6,12,15H2,1-3H3,(H,29,36)(H,28,30,34). The van der Waals surface area contributed by atoms with Crippen molar-refractivity contribution >= 4 is 23.3 Å². The van der Waals surface area contributed by atoms with Crippen LogP contribution in [0.25, 0.3) is 17.4 Å². The van der Waals surface area contributed by atoms with Gasteiger partial charge in [-0.2, -0.15) is 9.78 Å². The molecule has 4 heterocycles. The summed E-state index contributed by atoms with van der Waals surface area (Å²) in [5.74, 6) is 0.0140. The van der Waals surface area contributed by atoms with Crippen LogP contribution in [0.3, 0.4) is 0 Å². The third-order valence-corrected chi connectivity index (χ3v) is 6.52. The normalized spacial score (nSPS) is 15.4. The van der Waals surface area contributed by atoms with E-state index in [1.807, 2.05) is 39.0 Å². The van der Waals surface area contributed by atoms with Gasteiger partial charge in [0.15, 0.2) is 5.76 Å². The second-order valence-corrected chi connectivity index (χ2v) is 9.28. The molecule has 0 aliphatic carbocycles. The zero-order chi connectivity index (χ0) is 26.1. The molecule has 190 valence electrons. The molecule has 0 bridgehead atoms. The van der Waals surface area contributed by atoms with Crippen molar-refractivity contribution in [3.63, 3.8) is 0 Å². The molecule has 1 atom stereocenters. The van der Waals surface area contributed by atoms with E-state index >= 15 is 0 Å². The molecule has 4 aromatic rings. The topological polar surface area (TPSA) is 126 Å². The number of furan rings is 1. The summed E-state index contributed by atoms with van der Waals surface area (Å²) in [6.45, 7) is 6.28. The second kappa shape index (κ2) is 9.88. The number of amides is 2. The molecular formula is C27H28N6O4. The first-order chi connectivity index (χ1) is 17.8. The molecule has 5 rings (SSSR count). The number of aryl methyl sites for hydroxylation is 3. The maximum Gasteiger partial charge on any atom is 0.252 e. The first kappa shape index (κ1) is 24.2. The van der Waals surface area contributed by atoms with Gasteiger partial charge in [0.05, 0.1) is 12.2 Å². The largest absolute Gasteiger partial charge is 0.463 e. The van der Waals surface area contributed by atoms with Crippen LogP contribution in [0.5, 0.6) is 0 Å². The third-order valence-electron chi connectivity index (χ3n) is 6.52. The summed E-state index contributed by atoms with van der Waals surface area (Å²) in [4.78, 5) is 47.3. The predicted molar refractivity (Wildman–Crippen MR) is 139 cm³/mol. The van der Waals surface area contributed by atoms with Crippen LogP contribution in [0.1, 0.15) is 36.6 Å². The van der Waals surface area contributed by atoms with E-state index in [2.05, 4.69) is 20.4 Å². The van der Waals surface area contributed by atoms with E-state index in [1.54, 1.807) is 23.1 Å². The Morgan fingerprint density at radius 2 is 2.00 bits per heavy atom. The van der Waals surface area contributed by atoms with Crippen LogP contribution in [0.4, 0.5) is 11.5 Å². The minimum atomic E-state index is -0.553. The number of nitrogens with zero attached hydrogens (tertiary/aromatic N) is 4. The van der Waals surface area contributed by atoms with E-state index in [0.717, 1.165) is 23.2 Å². The minimum absolute atomic E-state index is 0.0962. The van der Waals surface area contributed by atoms with Crippen molar-refractivity contribution in [1.82, 2.24) is 19.7 Å². The molecule has 1 aromatic carbocycles. The summed E-state index contributed by atoms with van der Waals surface area (Å²) in [5.41, 5.74) is 3.77. The molecule has 10 nitrogen and oxygen atoms in total. The summed E-state index contributed by atoms with van der Waals surface area (Å²) >= 11 is 0. The Hall–Kier alpha value is -4.47. The van der Waals surface area contributed by atoms with Crippen molar-refractivity contribution in [2.45, 2.75) is 40.0 Å². The van der Waals surface area contributed by atoms with Crippen molar-refractivity contribution < 1.29 is 14.0 Å². The van der Waals surface area contributed by atoms with Gasteiger partial charge in [-0.3, -0.25) is 19.4 Å². The average Bonchev–Trinajstić information content (AvgIpc) is 3.61. The highest BCUT2D eigenvalue weighted by Gasteiger charge is 2.36. The number of nitrogens with one attached hydrogen (secondary N) is 2. The molecular weight excluding hydrogens is 472 g/mol. The number of benzene rings is 1. The molecule has 0 saturated carbocycles. The van der Waals surface area contributed by atoms with E-state index in [1.165, 1.54) is 17.0 Å². The Morgan fingerprint density at radius 3 is 2.73 bits per heavy atom. The number of rotatable bonds is 7. The highest BCUT2D eigenvalue weighted by atomic mass is 16.3. The zero-order valence-corrected chi connectivity index (χ0v) is 20.9. The SMILES string of the molecule is CCCc1cc(=O)[nH]c(-n2nc(-c3ccco3)cc2NC(=O)C2CC(=O)N(c3ccc(C)c(C)c3)C2)n1. The van der Waals surface area contributed by atoms with Gasteiger partial charge < -0.3 is 14.6 Å². The summed E-state index contributed by atoms with van der Waals surface area (Å²) in [7, 11) is 0. The fraction of sp³-hybridized carbons (Fsp3) is 0.296. The molecule has 2 amide bonds. The van der Waals surface area contributed by atoms with Gasteiger partial charge in [-0.15, -0.1) is 0 Å². The van der Waals surface area contributed by atoms with Crippen LogP contribution < -0.4 is 15.8 Å². The van der Waals surface area contributed by atoms with E-state index < -0.39 is 5.92 Å². The van der Waals surface area contributed by atoms with Gasteiger partial charge in [0.25, 0.3) is 5.56 Å². The molecule has 10 heteroatoms. The molecule has 1 fully saturated rings. The zero-order valence-electron chi connectivity index (χ0n) is 20.9. The Bertz CT molecular complexity index is 1520. The lowest BCUT2D eigenvalue weighted by Gasteiger charge is -2.18. The summed E-state index contributed by atoms with van der Waals surface area (Å²) in [5, 5.41) is 7.43. The molecule has 0 radical (unpaired) electrons. The number of hydrogen-bond donors (Lipinski definition) is 2. The van der Waals surface area contributed by atoms with Crippen LogP contribution >= 0.6 is 0 Å². The fourth-order valence-corrected chi connectivity index (χ4v) is 4.41. The Balaban J connectivity index is 1.44. The summed E-state index contributed by atoms with van der Waals surface area (Å²) in [6.07, 6.45) is 3.07. The van der Waals surface area contributed by atoms with Crippen LogP contribution in [0.2, 0.25) is 0 Å². The van der Waals surface area contributed by atoms with Crippen molar-refractivity contribution in [3.8, 4) is 17.4 Å². The molecule has 1 saturated heterocycles. The lowest BCUT2D eigenvalue weighted by Crippen LogP contribution is -2.29. The molecule has 2 N–H and O–H groups in total. The van der Waals surface area contributed by atoms with Gasteiger partial charge in [0.2, 0.25) is 17.8 Å². The van der Waals surface area contributed by atoms with Gasteiger partial charge in [0, 0.05) is 36.5 Å². The summed E-state index contributed by atoms with van der Waals surface area (Å²) in [6, 6.07) is 12.4. The number of aromatic amines is 1. The molecule has 37 heavy (non-hydrogen) atoms. The smallest absolute Gasteiger partial charge is 0.252 e. The van der Waals surface area contributed by atoms with E-state index in [0.29, 0.717) is 29.4 Å². The van der Waals surface area contributed by atoms with Gasteiger partial charge >= 0.3 is 0 Å². The Morgan fingerprint density at radius 1 is 1.16 bits per heavy atom. The third kappa shape index (κ3) is 4.95. The first-order valence-corrected chi connectivity index (χ1v) is 12.3. The number of aromatic nitrogens is 4. The quantitative estimate of drug-likeness (QED) is 0.398. The molecule has 1 aliphatic heterocycles. The van der Waals surface area contributed by atoms with Crippen molar-refractivity contribution in [2.75, 3.05) is 16.8 Å². The number of anilines is 2. The van der Waals surface area contributed by atoms with Gasteiger partial charge in [0.1, 0.15) is 11.5 Å². The van der Waals surface area contributed by atoms with Crippen LogP contribution in [0, 0.1) is 19.8 Å². The monoisotopic (exact) mass is 500 g/mol. The number of carbonyl (C=O) groups excluding carboxylic acids is 2. The first-order valence-electron chi connectivity index (χ1n) is 12.3. The molecule has 1 unspecified atom stereocenters. The Kier molecular flexibility index (Phi) is 6.47. The van der Waals surface area contributed by atoms with Crippen molar-refractivity contribution in [1.29, 1.82) is 0 Å². The number of carbonyl (C=O) groups is 2. The molecule has 0 spiro atoms. The van der Waals surface area contributed by atoms with E-state index in [-0.39, 0.29) is 36.3 Å². The van der Waals surface area contributed by atoms with Crippen LogP contribution in [-0.2, 0) is 16.0 Å². The average molecular weight is 501 g/mol. The predicted octanol–water partition coefficient (Wildman–Crippen LogP) is 3.78. The second-order valence-electron chi connectivity index (χ2n) is 9.28. The maximum absolute atomic E-state index is 13.3. The fourth-order valence-electron chi connectivity index (χ4n) is 4.41. The lowest BCUT2D eigenvalue weighted by molar-refractivity contribution is -0.122. The summed E-state index contributed by atoms with van der Waals surface area (Å²) < 4.78 is 6.86. The van der Waals surface area contributed by atoms with E-state index in [4.69, 9.17) is 4.42 Å². The van der Waals surface area contributed by atoms with Gasteiger partial charge in [-0.1, -0.05) is 19.4 Å². The highest BCUT2D eigenvalue weighted by molar-refractivity contribution is 6.03. The minimum Gasteiger partial charge on any atom is -0.463 e. The van der Waals surface area contributed by atoms with E-state index in [9.17, 15) is 14.4 Å². The lowest BCUT2D eigenvalue weighted by atomic mass is 10.1. The van der Waals surface area contributed by atoms with Crippen molar-refractivity contribution in [3.05, 3.63) is 75.9 Å². The van der Waals surface area contributed by atoms with Gasteiger partial charge in [-0.05, 0) is 55.7 Å².